The summed E-state index contributed by atoms with van der Waals surface area (Å²) >= 11 is 0. The lowest BCUT2D eigenvalue weighted by molar-refractivity contribution is -0.166. The van der Waals surface area contributed by atoms with Gasteiger partial charge in [0.2, 0.25) is 0 Å². The maximum atomic E-state index is 12.9. The van der Waals surface area contributed by atoms with Gasteiger partial charge >= 0.3 is 6.18 Å². The predicted molar refractivity (Wildman–Crippen MR) is 100 cm³/mol. The number of benzene rings is 1. The Hall–Kier alpha value is -1.55. The highest BCUT2D eigenvalue weighted by Gasteiger charge is 2.39. The molecule has 142 valence electrons. The molecule has 3 rings (SSSR count). The summed E-state index contributed by atoms with van der Waals surface area (Å²) in [6, 6.07) is 8.01. The minimum absolute atomic E-state index is 0.0654. The van der Waals surface area contributed by atoms with E-state index in [4.69, 9.17) is 1.37 Å². The molecule has 0 amide bonds. The van der Waals surface area contributed by atoms with E-state index < -0.39 is 18.0 Å². The lowest BCUT2D eigenvalue weighted by atomic mass is 9.83. The molecule has 0 saturated carbocycles. The minimum atomic E-state index is -4.12. The van der Waals surface area contributed by atoms with Crippen LogP contribution in [0.5, 0.6) is 0 Å². The molecule has 26 heavy (non-hydrogen) atoms. The van der Waals surface area contributed by atoms with Gasteiger partial charge in [0.25, 0.3) is 0 Å². The maximum Gasteiger partial charge on any atom is 0.395 e. The molecule has 0 bridgehead atoms. The van der Waals surface area contributed by atoms with E-state index >= 15 is 0 Å². The number of fused-ring (bicyclic) bond motifs is 1. The summed E-state index contributed by atoms with van der Waals surface area (Å²) < 4.78 is 47.6. The van der Waals surface area contributed by atoms with Gasteiger partial charge in [0.1, 0.15) is 0 Å². The summed E-state index contributed by atoms with van der Waals surface area (Å²) in [4.78, 5) is 0. The Balaban J connectivity index is 1.49. The van der Waals surface area contributed by atoms with Crippen LogP contribution in [0.3, 0.4) is 0 Å². The van der Waals surface area contributed by atoms with Crippen molar-refractivity contribution in [2.75, 3.05) is 6.54 Å². The number of hydrogen-bond acceptors (Lipinski definition) is 1. The molecule has 0 radical (unpaired) electrons. The van der Waals surface area contributed by atoms with Gasteiger partial charge < -0.3 is 5.32 Å². The van der Waals surface area contributed by atoms with Gasteiger partial charge in [-0.15, -0.1) is 0 Å². The van der Waals surface area contributed by atoms with E-state index in [-0.39, 0.29) is 18.4 Å². The van der Waals surface area contributed by atoms with Gasteiger partial charge in [0, 0.05) is 13.3 Å². The highest BCUT2D eigenvalue weighted by atomic mass is 19.4. The maximum absolute atomic E-state index is 12.9. The van der Waals surface area contributed by atoms with Crippen molar-refractivity contribution < 1.29 is 14.5 Å². The van der Waals surface area contributed by atoms with Gasteiger partial charge in [0.05, 0.1) is 5.92 Å². The van der Waals surface area contributed by atoms with Gasteiger partial charge in [-0.2, -0.15) is 13.2 Å². The molecule has 0 fully saturated rings. The summed E-state index contributed by atoms with van der Waals surface area (Å²) in [5.74, 6) is -1.99. The molecule has 0 aromatic heterocycles. The van der Waals surface area contributed by atoms with Crippen LogP contribution in [0.15, 0.2) is 48.6 Å². The van der Waals surface area contributed by atoms with Crippen molar-refractivity contribution in [2.24, 2.45) is 11.8 Å². The molecule has 4 atom stereocenters. The predicted octanol–water partition coefficient (Wildman–Crippen LogP) is 5.79. The summed E-state index contributed by atoms with van der Waals surface area (Å²) in [7, 11) is 0. The second-order valence-electron chi connectivity index (χ2n) is 7.45. The van der Waals surface area contributed by atoms with Crippen LogP contribution in [0.25, 0.3) is 0 Å². The van der Waals surface area contributed by atoms with E-state index in [1.807, 2.05) is 31.2 Å². The van der Waals surface area contributed by atoms with E-state index in [0.717, 1.165) is 31.2 Å². The standard InChI is InChI=1S/C22H28F3N/c1-16(20-13-5-10-18-9-2-3-12-21(18)20)26-14-6-8-17-7-4-11-19(15-17)22(23,24)25/h2-5,9,11-13,16-17,19-20,26H,6-8,10,14-15H2,1H3/t16-,17?,19?,20?/m1/s1/i20D. The first-order valence-electron chi connectivity index (χ1n) is 10.0. The molecule has 0 heterocycles. The molecule has 0 saturated heterocycles. The fourth-order valence-electron chi connectivity index (χ4n) is 4.03. The van der Waals surface area contributed by atoms with Crippen LogP contribution in [0.2, 0.25) is 0 Å². The van der Waals surface area contributed by atoms with Crippen molar-refractivity contribution in [3.05, 3.63) is 59.7 Å². The van der Waals surface area contributed by atoms with Crippen molar-refractivity contribution in [1.82, 2.24) is 5.32 Å². The average molecular weight is 364 g/mol. The Morgan fingerprint density at radius 3 is 2.85 bits per heavy atom. The Kier molecular flexibility index (Phi) is 5.78. The zero-order chi connectivity index (χ0) is 19.5. The Bertz CT molecular complexity index is 697. The topological polar surface area (TPSA) is 12.0 Å². The van der Waals surface area contributed by atoms with E-state index in [0.29, 0.717) is 6.54 Å². The van der Waals surface area contributed by atoms with Crippen molar-refractivity contribution in [3.63, 3.8) is 0 Å². The second-order valence-corrected chi connectivity index (χ2v) is 7.45. The highest BCUT2D eigenvalue weighted by Crippen LogP contribution is 2.37. The fourth-order valence-corrected chi connectivity index (χ4v) is 4.03. The summed E-state index contributed by atoms with van der Waals surface area (Å²) in [5.41, 5.74) is 2.23. The lowest BCUT2D eigenvalue weighted by Gasteiger charge is -2.28. The largest absolute Gasteiger partial charge is 0.395 e. The normalized spacial score (nSPS) is 29.9. The molecule has 2 aliphatic carbocycles. The molecule has 1 N–H and O–H groups in total. The molecule has 2 aliphatic rings. The zero-order valence-electron chi connectivity index (χ0n) is 16.2. The molecular weight excluding hydrogens is 335 g/mol. The molecule has 0 aliphatic heterocycles. The molecule has 0 spiro atoms. The quantitative estimate of drug-likeness (QED) is 0.498. The summed E-state index contributed by atoms with van der Waals surface area (Å²) in [6.07, 6.45) is 6.31. The van der Waals surface area contributed by atoms with E-state index in [1.165, 1.54) is 11.6 Å². The second kappa shape index (κ2) is 8.43. The van der Waals surface area contributed by atoms with Crippen molar-refractivity contribution in [1.29, 1.82) is 0 Å². The summed E-state index contributed by atoms with van der Waals surface area (Å²) in [5, 5.41) is 3.44. The van der Waals surface area contributed by atoms with Gasteiger partial charge in [-0.3, -0.25) is 0 Å². The number of hydrogen-bond donors (Lipinski definition) is 1. The van der Waals surface area contributed by atoms with Crippen molar-refractivity contribution >= 4 is 0 Å². The van der Waals surface area contributed by atoms with Crippen LogP contribution in [-0.2, 0) is 6.42 Å². The third-order valence-corrected chi connectivity index (χ3v) is 5.52. The number of alkyl halides is 3. The van der Waals surface area contributed by atoms with Crippen molar-refractivity contribution in [3.8, 4) is 0 Å². The van der Waals surface area contributed by atoms with Crippen LogP contribution in [0, 0.1) is 11.8 Å². The molecule has 3 unspecified atom stereocenters. The highest BCUT2D eigenvalue weighted by molar-refractivity contribution is 5.38. The van der Waals surface area contributed by atoms with Crippen LogP contribution >= 0.6 is 0 Å². The Labute approximate surface area is 155 Å². The SMILES string of the molecule is [2H]C1([C@@H](C)NCCCC2CC=CC(C(F)(F)F)C2)C=CCc2ccccc21. The van der Waals surface area contributed by atoms with Gasteiger partial charge in [-0.05, 0) is 62.6 Å². The van der Waals surface area contributed by atoms with Crippen LogP contribution in [0.1, 0.15) is 51.0 Å². The molecule has 1 aromatic carbocycles. The van der Waals surface area contributed by atoms with Gasteiger partial charge in [0.15, 0.2) is 0 Å². The zero-order valence-corrected chi connectivity index (χ0v) is 15.2. The first-order chi connectivity index (χ1) is 12.8. The smallest absolute Gasteiger partial charge is 0.313 e. The first-order valence-corrected chi connectivity index (χ1v) is 9.53. The third kappa shape index (κ3) is 4.79. The van der Waals surface area contributed by atoms with Crippen LogP contribution in [0.4, 0.5) is 13.2 Å². The third-order valence-electron chi connectivity index (χ3n) is 5.52. The van der Waals surface area contributed by atoms with E-state index in [2.05, 4.69) is 17.5 Å². The number of nitrogens with one attached hydrogen (secondary N) is 1. The van der Waals surface area contributed by atoms with Crippen molar-refractivity contribution in [2.45, 2.75) is 57.1 Å². The van der Waals surface area contributed by atoms with Crippen LogP contribution in [-0.4, -0.2) is 18.8 Å². The van der Waals surface area contributed by atoms with Gasteiger partial charge in [-0.1, -0.05) is 48.6 Å². The number of halogens is 3. The minimum Gasteiger partial charge on any atom is -0.313 e. The molecular formula is C22H28F3N. The van der Waals surface area contributed by atoms with Crippen LogP contribution < -0.4 is 5.32 Å². The number of allylic oxidation sites excluding steroid dienone is 3. The monoisotopic (exact) mass is 364 g/mol. The fraction of sp³-hybridized carbons (Fsp3) is 0.545. The molecule has 1 aromatic rings. The summed E-state index contributed by atoms with van der Waals surface area (Å²) in [6.45, 7) is 2.73. The average Bonchev–Trinajstić information content (AvgIpc) is 2.65. The van der Waals surface area contributed by atoms with E-state index in [1.54, 1.807) is 6.08 Å². The first kappa shape index (κ1) is 17.8. The van der Waals surface area contributed by atoms with E-state index in [9.17, 15) is 13.2 Å². The molecule has 1 nitrogen and oxygen atoms in total. The Morgan fingerprint density at radius 1 is 1.23 bits per heavy atom. The van der Waals surface area contributed by atoms with Gasteiger partial charge in [-0.25, -0.2) is 0 Å². The lowest BCUT2D eigenvalue weighted by Crippen LogP contribution is -2.33. The Morgan fingerprint density at radius 2 is 2.04 bits per heavy atom. The molecule has 4 heteroatoms. The number of rotatable bonds is 6.